The Bertz CT molecular complexity index is 1530. The molecule has 2 aromatic rings. The molecule has 0 amide bonds. The molecule has 0 aliphatic heterocycles. The van der Waals surface area contributed by atoms with Gasteiger partial charge in [0.15, 0.2) is 0 Å². The Kier molecular flexibility index (Phi) is 10.3. The molecule has 0 saturated heterocycles. The molecule has 4 saturated carbocycles. The van der Waals surface area contributed by atoms with Crippen LogP contribution in [-0.4, -0.2) is 0 Å². The normalized spacial score (nSPS) is 31.7. The van der Waals surface area contributed by atoms with Crippen molar-refractivity contribution in [3.05, 3.63) is 81.4 Å². The molecule has 0 radical (unpaired) electrons. The van der Waals surface area contributed by atoms with Gasteiger partial charge in [0.1, 0.15) is 0 Å². The fourth-order valence-electron chi connectivity index (χ4n) is 12.4. The van der Waals surface area contributed by atoms with Gasteiger partial charge >= 0.3 is 26.2 Å². The van der Waals surface area contributed by atoms with Crippen LogP contribution in [0.3, 0.4) is 0 Å². The van der Waals surface area contributed by atoms with E-state index in [1.807, 2.05) is 11.1 Å². The van der Waals surface area contributed by atoms with Crippen molar-refractivity contribution in [1.82, 2.24) is 0 Å². The van der Waals surface area contributed by atoms with Gasteiger partial charge in [-0.15, -0.1) is 0 Å². The van der Waals surface area contributed by atoms with Crippen molar-refractivity contribution < 1.29 is 51.0 Å². The molecule has 0 spiro atoms. The third kappa shape index (κ3) is 5.69. The van der Waals surface area contributed by atoms with Crippen LogP contribution >= 0.6 is 0 Å². The SMILES string of the molecule is CC(C)C1CC(C(C)C)(C2c3cc(C(C)(C)C)ccc3-c3ccc(C(C)(C)C)cc32)C2=C1CC(C13CC4CC(CC(C4)C1)C3)=C2.[Cl-].[Cl-].[Zr+2]. The van der Waals surface area contributed by atoms with Crippen molar-refractivity contribution in [2.24, 2.45) is 46.3 Å². The van der Waals surface area contributed by atoms with Crippen molar-refractivity contribution in [1.29, 1.82) is 0 Å². The van der Waals surface area contributed by atoms with Crippen LogP contribution in [0.25, 0.3) is 11.1 Å². The van der Waals surface area contributed by atoms with Gasteiger partial charge in [0.05, 0.1) is 0 Å². The molecule has 0 nitrogen and oxygen atoms in total. The standard InChI is InChI=1S/C45H60.2ClH.Zr/c1-26(2)39-25-45(27(3)4,40-21-33(20-36(39)40)44-22-28-15-29(23-44)17-30(16-28)24-44)41-37-18-31(42(5,6)7)11-13-34(37)35-14-12-32(19-38(35)41)43(8,9)10;;;/h11-14,18-19,21,26-30,39,41H,15-17,20,22-25H2,1-10H3;2*1H;/q;;;+2/p-2. The zero-order chi connectivity index (χ0) is 31.8. The Morgan fingerprint density at radius 2 is 1.12 bits per heavy atom. The van der Waals surface area contributed by atoms with Gasteiger partial charge in [0.25, 0.3) is 0 Å². The zero-order valence-corrected chi connectivity index (χ0v) is 35.5. The van der Waals surface area contributed by atoms with Crippen LogP contribution < -0.4 is 24.8 Å². The van der Waals surface area contributed by atoms with Gasteiger partial charge in [-0.25, -0.2) is 0 Å². The van der Waals surface area contributed by atoms with E-state index in [1.54, 1.807) is 16.7 Å². The van der Waals surface area contributed by atoms with E-state index in [1.165, 1.54) is 73.6 Å². The molecule has 258 valence electrons. The summed E-state index contributed by atoms with van der Waals surface area (Å²) in [5.41, 5.74) is 15.6. The monoisotopic (exact) mass is 760 g/mol. The molecule has 0 N–H and O–H groups in total. The van der Waals surface area contributed by atoms with Crippen molar-refractivity contribution in [3.63, 3.8) is 0 Å². The van der Waals surface area contributed by atoms with Crippen LogP contribution in [0.2, 0.25) is 0 Å². The van der Waals surface area contributed by atoms with E-state index in [0.717, 1.165) is 17.8 Å². The Morgan fingerprint density at radius 1 is 0.667 bits per heavy atom. The fraction of sp³-hybridized carbons (Fsp3) is 0.644. The number of halogens is 2. The van der Waals surface area contributed by atoms with Crippen molar-refractivity contribution in [2.75, 3.05) is 0 Å². The topological polar surface area (TPSA) is 0 Å². The van der Waals surface area contributed by atoms with Crippen LogP contribution in [0, 0.1) is 46.3 Å². The Labute approximate surface area is 325 Å². The van der Waals surface area contributed by atoms with Crippen LogP contribution in [0.1, 0.15) is 149 Å². The van der Waals surface area contributed by atoms with Crippen LogP contribution in [0.15, 0.2) is 59.2 Å². The van der Waals surface area contributed by atoms with Gasteiger partial charge in [-0.1, -0.05) is 123 Å². The Morgan fingerprint density at radius 3 is 1.52 bits per heavy atom. The minimum absolute atomic E-state index is 0. The maximum Gasteiger partial charge on any atom is 2.00 e. The largest absolute Gasteiger partial charge is 2.00 e. The van der Waals surface area contributed by atoms with E-state index < -0.39 is 0 Å². The van der Waals surface area contributed by atoms with E-state index in [9.17, 15) is 0 Å². The number of allylic oxidation sites excluding steroid dienone is 4. The number of hydrogen-bond donors (Lipinski definition) is 0. The second kappa shape index (κ2) is 12.8. The van der Waals surface area contributed by atoms with E-state index in [0.29, 0.717) is 29.1 Å². The molecule has 0 heterocycles. The van der Waals surface area contributed by atoms with Crippen LogP contribution in [-0.2, 0) is 37.0 Å². The maximum atomic E-state index is 2.91. The molecule has 4 fully saturated rings. The Balaban J connectivity index is 0.00000150. The molecular weight excluding hydrogens is 703 g/mol. The van der Waals surface area contributed by atoms with Crippen LogP contribution in [0.4, 0.5) is 0 Å². The summed E-state index contributed by atoms with van der Waals surface area (Å²) in [6.07, 6.45) is 14.6. The second-order valence-electron chi connectivity index (χ2n) is 19.8. The third-order valence-corrected chi connectivity index (χ3v) is 14.4. The maximum absolute atomic E-state index is 2.91. The van der Waals surface area contributed by atoms with E-state index in [-0.39, 0.29) is 67.3 Å². The van der Waals surface area contributed by atoms with E-state index in [2.05, 4.69) is 112 Å². The molecule has 0 aromatic heterocycles. The minimum Gasteiger partial charge on any atom is -1.00 e. The van der Waals surface area contributed by atoms with Gasteiger partial charge in [0, 0.05) is 11.3 Å². The average molecular weight is 763 g/mol. The molecule has 4 bridgehead atoms. The van der Waals surface area contributed by atoms with Gasteiger partial charge in [0.2, 0.25) is 0 Å². The Hall–Kier alpha value is -0.617. The fourth-order valence-corrected chi connectivity index (χ4v) is 12.4. The minimum atomic E-state index is 0. The summed E-state index contributed by atoms with van der Waals surface area (Å²) >= 11 is 0. The van der Waals surface area contributed by atoms with E-state index in [4.69, 9.17) is 0 Å². The first-order valence-corrected chi connectivity index (χ1v) is 18.8. The first kappa shape index (κ1) is 38.6. The summed E-state index contributed by atoms with van der Waals surface area (Å²) < 4.78 is 0. The molecule has 9 rings (SSSR count). The summed E-state index contributed by atoms with van der Waals surface area (Å²) in [6.45, 7) is 24.6. The molecule has 7 aliphatic carbocycles. The third-order valence-electron chi connectivity index (χ3n) is 14.4. The molecule has 2 atom stereocenters. The smallest absolute Gasteiger partial charge is 1.00 e. The van der Waals surface area contributed by atoms with Crippen molar-refractivity contribution in [3.8, 4) is 11.1 Å². The molecule has 48 heavy (non-hydrogen) atoms. The van der Waals surface area contributed by atoms with Gasteiger partial charge in [-0.3, -0.25) is 0 Å². The molecular formula is C45H60Cl2Zr. The van der Waals surface area contributed by atoms with Gasteiger partial charge in [-0.05, 0) is 142 Å². The number of fused-ring (bicyclic) bond motifs is 3. The average Bonchev–Trinajstić information content (AvgIpc) is 3.61. The van der Waals surface area contributed by atoms with Crippen molar-refractivity contribution >= 4 is 0 Å². The number of benzene rings is 2. The summed E-state index contributed by atoms with van der Waals surface area (Å²) in [5, 5.41) is 0. The zero-order valence-electron chi connectivity index (χ0n) is 31.5. The quantitative estimate of drug-likeness (QED) is 0.332. The summed E-state index contributed by atoms with van der Waals surface area (Å²) in [7, 11) is 0. The molecule has 2 aromatic carbocycles. The van der Waals surface area contributed by atoms with Crippen molar-refractivity contribution in [2.45, 2.75) is 137 Å². The summed E-state index contributed by atoms with van der Waals surface area (Å²) in [5.74, 6) is 5.36. The first-order chi connectivity index (χ1) is 21.1. The predicted octanol–water partition coefficient (Wildman–Crippen LogP) is 6.56. The van der Waals surface area contributed by atoms with Crippen LogP contribution in [0.5, 0.6) is 0 Å². The molecule has 2 unspecified atom stereocenters. The second-order valence-corrected chi connectivity index (χ2v) is 19.8. The molecule has 3 heteroatoms. The summed E-state index contributed by atoms with van der Waals surface area (Å²) in [6, 6.07) is 15.2. The first-order valence-electron chi connectivity index (χ1n) is 18.8. The van der Waals surface area contributed by atoms with E-state index >= 15 is 0 Å². The summed E-state index contributed by atoms with van der Waals surface area (Å²) in [4.78, 5) is 0. The predicted molar refractivity (Wildman–Crippen MR) is 192 cm³/mol. The number of hydrogen-bond acceptors (Lipinski definition) is 0. The van der Waals surface area contributed by atoms with Gasteiger partial charge in [-0.2, -0.15) is 0 Å². The van der Waals surface area contributed by atoms with Gasteiger partial charge < -0.3 is 24.8 Å². The molecule has 7 aliphatic rings. The number of rotatable bonds is 4.